The molecular weight excluding hydrogens is 368 g/mol. The van der Waals surface area contributed by atoms with Crippen LogP contribution in [0.4, 0.5) is 5.69 Å². The molecule has 0 amide bonds. The summed E-state index contributed by atoms with van der Waals surface area (Å²) >= 11 is 0. The summed E-state index contributed by atoms with van der Waals surface area (Å²) in [4.78, 5) is 3.69. The first-order chi connectivity index (χ1) is 13.3. The second-order valence-electron chi connectivity index (χ2n) is 7.16. The topological polar surface area (TPSA) is 62.0 Å². The molecular formula is C23H22N2O2S. The van der Waals surface area contributed by atoms with Crippen molar-refractivity contribution in [2.45, 2.75) is 25.7 Å². The van der Waals surface area contributed by atoms with Crippen LogP contribution >= 0.6 is 0 Å². The zero-order valence-corrected chi connectivity index (χ0v) is 16.9. The van der Waals surface area contributed by atoms with Crippen molar-refractivity contribution in [3.63, 3.8) is 0 Å². The van der Waals surface area contributed by atoms with Crippen molar-refractivity contribution in [1.29, 1.82) is 0 Å². The molecule has 0 unspecified atom stereocenters. The minimum atomic E-state index is -3.67. The van der Waals surface area contributed by atoms with E-state index in [0.717, 1.165) is 38.9 Å². The fourth-order valence-corrected chi connectivity index (χ4v) is 4.77. The minimum Gasteiger partial charge on any atom is -0.355 e. The van der Waals surface area contributed by atoms with Gasteiger partial charge < -0.3 is 4.98 Å². The molecule has 1 aromatic heterocycles. The molecule has 28 heavy (non-hydrogen) atoms. The number of fused-ring (bicyclic) bond motifs is 1. The number of hydrogen-bond donors (Lipinski definition) is 2. The van der Waals surface area contributed by atoms with E-state index in [2.05, 4.69) is 15.8 Å². The van der Waals surface area contributed by atoms with Crippen LogP contribution in [0.1, 0.15) is 16.7 Å². The number of rotatable bonds is 4. The highest BCUT2D eigenvalue weighted by Gasteiger charge is 2.18. The van der Waals surface area contributed by atoms with Crippen molar-refractivity contribution in [1.82, 2.24) is 4.98 Å². The van der Waals surface area contributed by atoms with Crippen molar-refractivity contribution >= 4 is 26.6 Å². The van der Waals surface area contributed by atoms with E-state index in [-0.39, 0.29) is 0 Å². The Labute approximate surface area is 165 Å². The Kier molecular flexibility index (Phi) is 4.47. The lowest BCUT2D eigenvalue weighted by atomic mass is 10.1. The van der Waals surface area contributed by atoms with Gasteiger partial charge in [-0.05, 0) is 67.8 Å². The zero-order chi connectivity index (χ0) is 19.9. The molecule has 1 heterocycles. The molecule has 4 nitrogen and oxygen atoms in total. The third-order valence-electron chi connectivity index (χ3n) is 5.04. The minimum absolute atomic E-state index is 0.312. The molecule has 2 N–H and O–H groups in total. The first-order valence-electron chi connectivity index (χ1n) is 9.12. The summed E-state index contributed by atoms with van der Waals surface area (Å²) in [6.07, 6.45) is 0. The van der Waals surface area contributed by atoms with Crippen LogP contribution < -0.4 is 4.72 Å². The summed E-state index contributed by atoms with van der Waals surface area (Å²) in [7, 11) is -3.67. The van der Waals surface area contributed by atoms with E-state index in [9.17, 15) is 8.42 Å². The van der Waals surface area contributed by atoms with Crippen molar-refractivity contribution in [2.24, 2.45) is 0 Å². The van der Waals surface area contributed by atoms with Crippen molar-refractivity contribution in [2.75, 3.05) is 4.72 Å². The molecule has 0 saturated carbocycles. The lowest BCUT2D eigenvalue weighted by Crippen LogP contribution is -2.14. The Balaban J connectivity index is 1.69. The molecule has 0 spiro atoms. The SMILES string of the molecule is Cc1cc(C)c(S(=O)(=O)Nc2cccc(-c3cc4ccccc4[nH]3)c2)cc1C. The summed E-state index contributed by atoms with van der Waals surface area (Å²) in [5.41, 5.74) is 6.23. The standard InChI is InChI=1S/C23H22N2O2S/c1-15-11-17(3)23(12-16(15)2)28(26,27)25-20-9-6-8-18(13-20)22-14-19-7-4-5-10-21(19)24-22/h4-14,24-25H,1-3H3. The van der Waals surface area contributed by atoms with Crippen LogP contribution in [0.25, 0.3) is 22.2 Å². The number of hydrogen-bond acceptors (Lipinski definition) is 2. The van der Waals surface area contributed by atoms with Gasteiger partial charge in [0.1, 0.15) is 0 Å². The fourth-order valence-electron chi connectivity index (χ4n) is 3.41. The lowest BCUT2D eigenvalue weighted by Gasteiger charge is -2.13. The van der Waals surface area contributed by atoms with Crippen LogP contribution in [0.2, 0.25) is 0 Å². The molecule has 0 aliphatic carbocycles. The van der Waals surface area contributed by atoms with E-state index in [1.165, 1.54) is 0 Å². The Morgan fingerprint density at radius 2 is 1.54 bits per heavy atom. The molecule has 0 saturated heterocycles. The van der Waals surface area contributed by atoms with Crippen LogP contribution in [0, 0.1) is 20.8 Å². The molecule has 142 valence electrons. The number of para-hydroxylation sites is 1. The number of benzene rings is 3. The smallest absolute Gasteiger partial charge is 0.262 e. The molecule has 5 heteroatoms. The Morgan fingerprint density at radius 3 is 2.32 bits per heavy atom. The van der Waals surface area contributed by atoms with Gasteiger partial charge >= 0.3 is 0 Å². The van der Waals surface area contributed by atoms with Gasteiger partial charge in [-0.15, -0.1) is 0 Å². The van der Waals surface area contributed by atoms with Gasteiger partial charge in [-0.2, -0.15) is 0 Å². The predicted octanol–water partition coefficient (Wildman–Crippen LogP) is 5.56. The molecule has 3 aromatic carbocycles. The van der Waals surface area contributed by atoms with E-state index in [1.54, 1.807) is 12.1 Å². The van der Waals surface area contributed by atoms with Crippen LogP contribution in [0.15, 0.2) is 71.6 Å². The van der Waals surface area contributed by atoms with Gasteiger partial charge in [0, 0.05) is 27.8 Å². The summed E-state index contributed by atoms with van der Waals surface area (Å²) in [6.45, 7) is 5.72. The van der Waals surface area contributed by atoms with Gasteiger partial charge in [0.05, 0.1) is 4.90 Å². The normalized spacial score (nSPS) is 11.7. The maximum atomic E-state index is 13.0. The van der Waals surface area contributed by atoms with E-state index >= 15 is 0 Å². The highest BCUT2D eigenvalue weighted by atomic mass is 32.2. The monoisotopic (exact) mass is 390 g/mol. The maximum Gasteiger partial charge on any atom is 0.262 e. The molecule has 4 rings (SSSR count). The van der Waals surface area contributed by atoms with E-state index in [4.69, 9.17) is 0 Å². The number of H-pyrrole nitrogens is 1. The molecule has 0 aliphatic rings. The van der Waals surface area contributed by atoms with Gasteiger partial charge in [0.15, 0.2) is 0 Å². The Bertz CT molecular complexity index is 1250. The quantitative estimate of drug-likeness (QED) is 0.479. The van der Waals surface area contributed by atoms with E-state index in [0.29, 0.717) is 10.6 Å². The third kappa shape index (κ3) is 3.41. The molecule has 0 atom stereocenters. The van der Waals surface area contributed by atoms with Crippen molar-refractivity contribution in [3.8, 4) is 11.3 Å². The Morgan fingerprint density at radius 1 is 0.786 bits per heavy atom. The maximum absolute atomic E-state index is 13.0. The van der Waals surface area contributed by atoms with Crippen LogP contribution in [0.5, 0.6) is 0 Å². The van der Waals surface area contributed by atoms with Crippen molar-refractivity contribution in [3.05, 3.63) is 83.4 Å². The van der Waals surface area contributed by atoms with Gasteiger partial charge in [-0.1, -0.05) is 36.4 Å². The average molecular weight is 391 g/mol. The largest absolute Gasteiger partial charge is 0.355 e. The van der Waals surface area contributed by atoms with E-state index in [1.807, 2.05) is 69.3 Å². The first-order valence-corrected chi connectivity index (χ1v) is 10.6. The number of anilines is 1. The average Bonchev–Trinajstić information content (AvgIpc) is 3.09. The Hall–Kier alpha value is -3.05. The number of sulfonamides is 1. The molecule has 0 aliphatic heterocycles. The lowest BCUT2D eigenvalue weighted by molar-refractivity contribution is 0.600. The highest BCUT2D eigenvalue weighted by molar-refractivity contribution is 7.92. The van der Waals surface area contributed by atoms with Gasteiger partial charge in [-0.25, -0.2) is 8.42 Å². The van der Waals surface area contributed by atoms with E-state index < -0.39 is 10.0 Å². The molecule has 0 fully saturated rings. The zero-order valence-electron chi connectivity index (χ0n) is 16.1. The summed E-state index contributed by atoms with van der Waals surface area (Å²) in [5, 5.41) is 1.12. The molecule has 0 bridgehead atoms. The predicted molar refractivity (Wildman–Crippen MR) is 115 cm³/mol. The van der Waals surface area contributed by atoms with Crippen molar-refractivity contribution < 1.29 is 8.42 Å². The summed E-state index contributed by atoms with van der Waals surface area (Å²) in [6, 6.07) is 21.2. The molecule has 4 aromatic rings. The third-order valence-corrected chi connectivity index (χ3v) is 6.56. The first kappa shape index (κ1) is 18.3. The van der Waals surface area contributed by atoms with Gasteiger partial charge in [0.2, 0.25) is 0 Å². The summed E-state index contributed by atoms with van der Waals surface area (Å²) in [5.74, 6) is 0. The van der Waals surface area contributed by atoms with Crippen LogP contribution in [0.3, 0.4) is 0 Å². The number of aromatic amines is 1. The molecule has 0 radical (unpaired) electrons. The van der Waals surface area contributed by atoms with Crippen LogP contribution in [-0.4, -0.2) is 13.4 Å². The number of nitrogens with one attached hydrogen (secondary N) is 2. The van der Waals surface area contributed by atoms with Crippen LogP contribution in [-0.2, 0) is 10.0 Å². The highest BCUT2D eigenvalue weighted by Crippen LogP contribution is 2.28. The second-order valence-corrected chi connectivity index (χ2v) is 8.81. The number of aromatic nitrogens is 1. The second kappa shape index (κ2) is 6.84. The number of aryl methyl sites for hydroxylation is 3. The summed E-state index contributed by atoms with van der Waals surface area (Å²) < 4.78 is 28.6. The fraction of sp³-hybridized carbons (Fsp3) is 0.130. The van der Waals surface area contributed by atoms with Gasteiger partial charge in [0.25, 0.3) is 10.0 Å². The van der Waals surface area contributed by atoms with Gasteiger partial charge in [-0.3, -0.25) is 4.72 Å².